The largest absolute Gasteiger partial charge is 0.493 e. The molecule has 1 heterocycles. The van der Waals surface area contributed by atoms with E-state index in [2.05, 4.69) is 4.99 Å². The van der Waals surface area contributed by atoms with Crippen molar-refractivity contribution in [1.29, 1.82) is 0 Å². The van der Waals surface area contributed by atoms with Crippen molar-refractivity contribution in [3.05, 3.63) is 28.3 Å². The first kappa shape index (κ1) is 15.7. The van der Waals surface area contributed by atoms with Gasteiger partial charge in [-0.2, -0.15) is 0 Å². The van der Waals surface area contributed by atoms with Crippen LogP contribution in [0.4, 0.5) is 0 Å². The maximum atomic E-state index is 6.12. The van der Waals surface area contributed by atoms with Crippen LogP contribution in [0.15, 0.2) is 17.1 Å². The molecule has 0 saturated heterocycles. The van der Waals surface area contributed by atoms with Crippen molar-refractivity contribution >= 4 is 41.5 Å². The van der Waals surface area contributed by atoms with Gasteiger partial charge in [0.2, 0.25) is 0 Å². The van der Waals surface area contributed by atoms with E-state index in [1.807, 2.05) is 24.1 Å². The Morgan fingerprint density at radius 3 is 2.95 bits per heavy atom. The van der Waals surface area contributed by atoms with Crippen molar-refractivity contribution in [2.75, 3.05) is 13.7 Å². The molecule has 4 nitrogen and oxygen atoms in total. The van der Waals surface area contributed by atoms with Crippen LogP contribution >= 0.6 is 35.6 Å². The van der Waals surface area contributed by atoms with Crippen LogP contribution in [-0.2, 0) is 13.0 Å². The minimum Gasteiger partial charge on any atom is -0.493 e. The molecule has 1 aliphatic heterocycles. The number of rotatable bonds is 3. The predicted octanol–water partition coefficient (Wildman–Crippen LogP) is 2.80. The van der Waals surface area contributed by atoms with Crippen LogP contribution in [0.3, 0.4) is 0 Å². The number of hydrogen-bond donors (Lipinski definition) is 1. The summed E-state index contributed by atoms with van der Waals surface area (Å²) in [6.45, 7) is 1.25. The van der Waals surface area contributed by atoms with Gasteiger partial charge in [-0.1, -0.05) is 11.6 Å². The van der Waals surface area contributed by atoms with Crippen molar-refractivity contribution in [3.63, 3.8) is 0 Å². The Bertz CT molecular complexity index is 531. The van der Waals surface area contributed by atoms with Crippen LogP contribution in [0.25, 0.3) is 0 Å². The van der Waals surface area contributed by atoms with Gasteiger partial charge < -0.3 is 15.4 Å². The second kappa shape index (κ2) is 6.39. The standard InChI is InChI=1S/C14H18ClN3O.HI/c1-18(12-2-3-12)14(16)17-8-10-7-11(15)6-9-4-5-19-13(9)10;/h6-7,12H,2-5,8H2,1H3,(H2,16,17);1H. The van der Waals surface area contributed by atoms with E-state index in [9.17, 15) is 0 Å². The second-order valence-electron chi connectivity index (χ2n) is 5.17. The SMILES string of the molecule is CN(C(N)=NCc1cc(Cl)cc2c1OCC2)C1CC1.I. The van der Waals surface area contributed by atoms with Crippen LogP contribution in [0.1, 0.15) is 24.0 Å². The van der Waals surface area contributed by atoms with Gasteiger partial charge in [-0.15, -0.1) is 24.0 Å². The summed E-state index contributed by atoms with van der Waals surface area (Å²) in [6.07, 6.45) is 3.34. The highest BCUT2D eigenvalue weighted by Crippen LogP contribution is 2.33. The molecule has 0 radical (unpaired) electrons. The van der Waals surface area contributed by atoms with Crippen molar-refractivity contribution in [3.8, 4) is 5.75 Å². The molecule has 3 rings (SSSR count). The topological polar surface area (TPSA) is 50.8 Å². The molecular weight excluding hydrogens is 389 g/mol. The Morgan fingerprint density at radius 2 is 2.25 bits per heavy atom. The van der Waals surface area contributed by atoms with E-state index in [0.29, 0.717) is 18.5 Å². The molecule has 1 aromatic carbocycles. The number of halogens is 2. The molecule has 20 heavy (non-hydrogen) atoms. The van der Waals surface area contributed by atoms with Crippen LogP contribution in [-0.4, -0.2) is 30.6 Å². The Labute approximate surface area is 141 Å². The lowest BCUT2D eigenvalue weighted by molar-refractivity contribution is 0.353. The van der Waals surface area contributed by atoms with Crippen molar-refractivity contribution in [2.24, 2.45) is 10.7 Å². The lowest BCUT2D eigenvalue weighted by Crippen LogP contribution is -2.35. The first-order chi connectivity index (χ1) is 9.15. The predicted molar refractivity (Wildman–Crippen MR) is 92.2 cm³/mol. The Hall–Kier alpha value is -0.690. The average molecular weight is 408 g/mol. The van der Waals surface area contributed by atoms with Crippen molar-refractivity contribution in [2.45, 2.75) is 31.8 Å². The zero-order valence-corrected chi connectivity index (χ0v) is 14.5. The Kier molecular flexibility index (Phi) is 5.01. The van der Waals surface area contributed by atoms with Crippen LogP contribution in [0.5, 0.6) is 5.75 Å². The molecule has 0 atom stereocenters. The molecular formula is C14H19ClIN3O. The molecule has 1 saturated carbocycles. The van der Waals surface area contributed by atoms with E-state index in [1.54, 1.807) is 0 Å². The lowest BCUT2D eigenvalue weighted by Gasteiger charge is -2.17. The second-order valence-corrected chi connectivity index (χ2v) is 5.60. The van der Waals surface area contributed by atoms with E-state index in [-0.39, 0.29) is 24.0 Å². The molecule has 0 unspecified atom stereocenters. The quantitative estimate of drug-likeness (QED) is 0.476. The van der Waals surface area contributed by atoms with E-state index in [0.717, 1.165) is 29.4 Å². The van der Waals surface area contributed by atoms with Gasteiger partial charge in [-0.25, -0.2) is 4.99 Å². The summed E-state index contributed by atoms with van der Waals surface area (Å²) >= 11 is 6.12. The van der Waals surface area contributed by atoms with Crippen LogP contribution in [0, 0.1) is 0 Å². The molecule has 1 fully saturated rings. The third kappa shape index (κ3) is 3.31. The smallest absolute Gasteiger partial charge is 0.191 e. The normalized spacial score (nSPS) is 17.2. The zero-order chi connectivity index (χ0) is 13.4. The Balaban J connectivity index is 0.00000147. The van der Waals surface area contributed by atoms with E-state index in [4.69, 9.17) is 22.1 Å². The van der Waals surface area contributed by atoms with Gasteiger partial charge in [0.25, 0.3) is 0 Å². The number of hydrogen-bond acceptors (Lipinski definition) is 2. The minimum atomic E-state index is 0. The zero-order valence-electron chi connectivity index (χ0n) is 11.4. The number of nitrogens with zero attached hydrogens (tertiary/aromatic N) is 2. The molecule has 110 valence electrons. The van der Waals surface area contributed by atoms with Gasteiger partial charge in [0.05, 0.1) is 13.2 Å². The molecule has 0 bridgehead atoms. The van der Waals surface area contributed by atoms with Crippen LogP contribution < -0.4 is 10.5 Å². The average Bonchev–Trinajstić information content (AvgIpc) is 3.13. The summed E-state index contributed by atoms with van der Waals surface area (Å²) in [5.74, 6) is 1.53. The molecule has 0 spiro atoms. The third-order valence-electron chi connectivity index (χ3n) is 3.69. The van der Waals surface area contributed by atoms with E-state index < -0.39 is 0 Å². The molecule has 1 aliphatic carbocycles. The lowest BCUT2D eigenvalue weighted by atomic mass is 10.1. The van der Waals surface area contributed by atoms with E-state index >= 15 is 0 Å². The summed E-state index contributed by atoms with van der Waals surface area (Å²) in [6, 6.07) is 4.46. The number of guanidine groups is 1. The number of benzene rings is 1. The van der Waals surface area contributed by atoms with Gasteiger partial charge in [0.1, 0.15) is 5.75 Å². The third-order valence-corrected chi connectivity index (χ3v) is 3.91. The fourth-order valence-corrected chi connectivity index (χ4v) is 2.65. The number of nitrogens with two attached hydrogens (primary N) is 1. The summed E-state index contributed by atoms with van der Waals surface area (Å²) in [5, 5.41) is 0.739. The summed E-state index contributed by atoms with van der Waals surface area (Å²) in [4.78, 5) is 6.50. The fourth-order valence-electron chi connectivity index (χ4n) is 2.39. The summed E-state index contributed by atoms with van der Waals surface area (Å²) in [5.41, 5.74) is 8.18. The Morgan fingerprint density at radius 1 is 1.50 bits per heavy atom. The number of ether oxygens (including phenoxy) is 1. The molecule has 2 N–H and O–H groups in total. The maximum Gasteiger partial charge on any atom is 0.191 e. The summed E-state index contributed by atoms with van der Waals surface area (Å²) in [7, 11) is 2.00. The molecule has 0 aromatic heterocycles. The van der Waals surface area contributed by atoms with Gasteiger partial charge in [-0.3, -0.25) is 0 Å². The van der Waals surface area contributed by atoms with E-state index in [1.165, 1.54) is 18.4 Å². The first-order valence-corrected chi connectivity index (χ1v) is 7.00. The molecule has 2 aliphatic rings. The number of fused-ring (bicyclic) bond motifs is 1. The monoisotopic (exact) mass is 407 g/mol. The van der Waals surface area contributed by atoms with Crippen LogP contribution in [0.2, 0.25) is 5.02 Å². The van der Waals surface area contributed by atoms with Gasteiger partial charge in [0.15, 0.2) is 5.96 Å². The molecule has 0 amide bonds. The fraction of sp³-hybridized carbons (Fsp3) is 0.500. The van der Waals surface area contributed by atoms with Crippen molar-refractivity contribution in [1.82, 2.24) is 4.90 Å². The van der Waals surface area contributed by atoms with Gasteiger partial charge >= 0.3 is 0 Å². The van der Waals surface area contributed by atoms with Gasteiger partial charge in [0, 0.05) is 30.1 Å². The maximum absolute atomic E-state index is 6.12. The van der Waals surface area contributed by atoms with Gasteiger partial charge in [-0.05, 0) is 30.5 Å². The number of aliphatic imine (C=N–C) groups is 1. The summed E-state index contributed by atoms with van der Waals surface area (Å²) < 4.78 is 5.65. The molecule has 6 heteroatoms. The highest BCUT2D eigenvalue weighted by molar-refractivity contribution is 14.0. The highest BCUT2D eigenvalue weighted by atomic mass is 127. The highest BCUT2D eigenvalue weighted by Gasteiger charge is 2.27. The van der Waals surface area contributed by atoms with Crippen molar-refractivity contribution < 1.29 is 4.74 Å². The minimum absolute atomic E-state index is 0. The first-order valence-electron chi connectivity index (χ1n) is 6.62. The molecule has 1 aromatic rings.